The van der Waals surface area contributed by atoms with Crippen LogP contribution in [-0.2, 0) is 0 Å². The van der Waals surface area contributed by atoms with Crippen molar-refractivity contribution in [3.63, 3.8) is 0 Å². The molecule has 10 heteroatoms. The highest BCUT2D eigenvalue weighted by Gasteiger charge is 2.37. The third kappa shape index (κ3) is 3.25. The SMILES string of the molecule is Cc1nc(-c2nnc(C(F)F)s2)n2cc(SNC3(C)CC3)cc(Cl)c12. The summed E-state index contributed by atoms with van der Waals surface area (Å²) in [6.45, 7) is 4.00. The number of imidazole rings is 1. The van der Waals surface area contributed by atoms with Crippen molar-refractivity contribution >= 4 is 40.4 Å². The van der Waals surface area contributed by atoms with Crippen molar-refractivity contribution in [2.45, 2.75) is 43.5 Å². The molecular weight excluding hydrogens is 388 g/mol. The Morgan fingerprint density at radius 3 is 2.80 bits per heavy atom. The molecule has 1 aliphatic carbocycles. The van der Waals surface area contributed by atoms with Gasteiger partial charge in [0.25, 0.3) is 6.43 Å². The van der Waals surface area contributed by atoms with E-state index < -0.39 is 6.43 Å². The average molecular weight is 402 g/mol. The summed E-state index contributed by atoms with van der Waals surface area (Å²) in [7, 11) is 0. The van der Waals surface area contributed by atoms with Gasteiger partial charge < -0.3 is 0 Å². The van der Waals surface area contributed by atoms with E-state index in [1.54, 1.807) is 4.40 Å². The Kier molecular flexibility index (Phi) is 4.22. The minimum absolute atomic E-state index is 0.172. The second kappa shape index (κ2) is 6.15. The molecule has 0 aromatic carbocycles. The van der Waals surface area contributed by atoms with Gasteiger partial charge in [-0.2, -0.15) is 0 Å². The zero-order valence-electron chi connectivity index (χ0n) is 13.4. The lowest BCUT2D eigenvalue weighted by atomic mass is 10.3. The van der Waals surface area contributed by atoms with Crippen LogP contribution in [0.25, 0.3) is 16.3 Å². The first-order valence-electron chi connectivity index (χ1n) is 7.60. The van der Waals surface area contributed by atoms with E-state index in [2.05, 4.69) is 26.8 Å². The van der Waals surface area contributed by atoms with Crippen LogP contribution in [-0.4, -0.2) is 25.1 Å². The largest absolute Gasteiger partial charge is 0.295 e. The molecular formula is C15H14ClF2N5S2. The van der Waals surface area contributed by atoms with Crippen molar-refractivity contribution in [2.75, 3.05) is 0 Å². The molecule has 132 valence electrons. The fourth-order valence-electron chi connectivity index (χ4n) is 2.41. The molecule has 0 bridgehead atoms. The van der Waals surface area contributed by atoms with E-state index in [0.717, 1.165) is 34.6 Å². The molecule has 5 nitrogen and oxygen atoms in total. The lowest BCUT2D eigenvalue weighted by molar-refractivity contribution is 0.150. The van der Waals surface area contributed by atoms with Crippen LogP contribution in [0.15, 0.2) is 17.2 Å². The summed E-state index contributed by atoms with van der Waals surface area (Å²) in [6.07, 6.45) is 1.54. The maximum atomic E-state index is 12.8. The average Bonchev–Trinajstić information content (AvgIpc) is 2.98. The molecule has 0 atom stereocenters. The van der Waals surface area contributed by atoms with Gasteiger partial charge in [-0.25, -0.2) is 13.8 Å². The molecule has 25 heavy (non-hydrogen) atoms. The molecule has 0 aliphatic heterocycles. The monoisotopic (exact) mass is 401 g/mol. The fourth-order valence-corrected chi connectivity index (χ4v) is 4.41. The molecule has 1 fully saturated rings. The van der Waals surface area contributed by atoms with Gasteiger partial charge in [0.15, 0.2) is 15.8 Å². The second-order valence-electron chi connectivity index (χ2n) is 6.27. The van der Waals surface area contributed by atoms with Crippen molar-refractivity contribution in [3.8, 4) is 10.8 Å². The Morgan fingerprint density at radius 2 is 2.16 bits per heavy atom. The molecule has 0 amide bonds. The van der Waals surface area contributed by atoms with Crippen LogP contribution in [0.4, 0.5) is 8.78 Å². The number of alkyl halides is 2. The molecule has 0 spiro atoms. The zero-order valence-corrected chi connectivity index (χ0v) is 15.8. The molecule has 0 saturated heterocycles. The first-order valence-corrected chi connectivity index (χ1v) is 9.61. The van der Waals surface area contributed by atoms with Crippen LogP contribution in [0.1, 0.15) is 36.9 Å². The van der Waals surface area contributed by atoms with Crippen LogP contribution in [0.3, 0.4) is 0 Å². The van der Waals surface area contributed by atoms with Gasteiger partial charge in [0.2, 0.25) is 0 Å². The van der Waals surface area contributed by atoms with Crippen molar-refractivity contribution in [2.24, 2.45) is 0 Å². The van der Waals surface area contributed by atoms with Crippen molar-refractivity contribution in [1.29, 1.82) is 0 Å². The van der Waals surface area contributed by atoms with Gasteiger partial charge in [-0.1, -0.05) is 22.9 Å². The molecule has 0 unspecified atom stereocenters. The van der Waals surface area contributed by atoms with E-state index in [4.69, 9.17) is 11.6 Å². The number of nitrogens with one attached hydrogen (secondary N) is 1. The summed E-state index contributed by atoms with van der Waals surface area (Å²) in [5.74, 6) is 0.471. The van der Waals surface area contributed by atoms with Crippen LogP contribution in [0.5, 0.6) is 0 Å². The summed E-state index contributed by atoms with van der Waals surface area (Å²) in [4.78, 5) is 5.39. The molecule has 1 saturated carbocycles. The van der Waals surface area contributed by atoms with Crippen molar-refractivity contribution in [1.82, 2.24) is 24.3 Å². The number of aryl methyl sites for hydroxylation is 1. The number of aromatic nitrogens is 4. The van der Waals surface area contributed by atoms with E-state index in [-0.39, 0.29) is 10.5 Å². The van der Waals surface area contributed by atoms with Crippen molar-refractivity contribution < 1.29 is 8.78 Å². The van der Waals surface area contributed by atoms with Gasteiger partial charge in [0.05, 0.1) is 16.2 Å². The first-order chi connectivity index (χ1) is 11.9. The summed E-state index contributed by atoms with van der Waals surface area (Å²) in [5, 5.41) is 8.00. The third-order valence-corrected chi connectivity index (χ3v) is 6.34. The van der Waals surface area contributed by atoms with E-state index in [1.807, 2.05) is 19.2 Å². The standard InChI is InChI=1S/C15H14ClF2N5S2/c1-7-10-9(16)5-8(25-22-15(2)3-4-15)6-23(10)12(19-7)14-21-20-13(24-14)11(17)18/h5-6,11,22H,3-4H2,1-2H3. The number of halogens is 3. The van der Waals surface area contributed by atoms with Gasteiger partial charge in [-0.3, -0.25) is 9.12 Å². The Morgan fingerprint density at radius 1 is 1.40 bits per heavy atom. The summed E-state index contributed by atoms with van der Waals surface area (Å²) in [5.41, 5.74) is 1.63. The molecule has 0 radical (unpaired) electrons. The Hall–Kier alpha value is -1.29. The predicted molar refractivity (Wildman–Crippen MR) is 95.4 cm³/mol. The number of fused-ring (bicyclic) bond motifs is 1. The third-order valence-electron chi connectivity index (χ3n) is 4.07. The minimum Gasteiger partial charge on any atom is -0.295 e. The maximum absolute atomic E-state index is 12.8. The maximum Gasteiger partial charge on any atom is 0.291 e. The lowest BCUT2D eigenvalue weighted by Gasteiger charge is -2.11. The second-order valence-corrected chi connectivity index (χ2v) is 8.57. The number of rotatable bonds is 5. The van der Waals surface area contributed by atoms with Crippen LogP contribution in [0.2, 0.25) is 5.02 Å². The Balaban J connectivity index is 1.76. The van der Waals surface area contributed by atoms with E-state index in [1.165, 1.54) is 11.9 Å². The van der Waals surface area contributed by atoms with E-state index in [9.17, 15) is 8.78 Å². The highest BCUT2D eigenvalue weighted by atomic mass is 35.5. The molecule has 3 aromatic rings. The molecule has 3 aromatic heterocycles. The smallest absolute Gasteiger partial charge is 0.291 e. The molecule has 1 aliphatic rings. The van der Waals surface area contributed by atoms with Gasteiger partial charge in [0, 0.05) is 16.6 Å². The summed E-state index contributed by atoms with van der Waals surface area (Å²) < 4.78 is 30.8. The van der Waals surface area contributed by atoms with Gasteiger partial charge in [0.1, 0.15) is 0 Å². The van der Waals surface area contributed by atoms with E-state index >= 15 is 0 Å². The first kappa shape index (κ1) is 17.1. The topological polar surface area (TPSA) is 55.1 Å². The van der Waals surface area contributed by atoms with Gasteiger partial charge >= 0.3 is 0 Å². The van der Waals surface area contributed by atoms with E-state index in [0.29, 0.717) is 21.5 Å². The zero-order chi connectivity index (χ0) is 17.8. The normalized spacial score (nSPS) is 16.1. The summed E-state index contributed by atoms with van der Waals surface area (Å²) in [6, 6.07) is 1.88. The van der Waals surface area contributed by atoms with Crippen LogP contribution >= 0.6 is 34.9 Å². The molecule has 4 rings (SSSR count). The quantitative estimate of drug-likeness (QED) is 0.616. The van der Waals surface area contributed by atoms with Crippen molar-refractivity contribution in [3.05, 3.63) is 28.0 Å². The van der Waals surface area contributed by atoms with Gasteiger partial charge in [-0.05, 0) is 44.7 Å². The fraction of sp³-hybridized carbons (Fsp3) is 0.400. The number of nitrogens with zero attached hydrogens (tertiary/aromatic N) is 4. The van der Waals surface area contributed by atoms with Gasteiger partial charge in [-0.15, -0.1) is 10.2 Å². The lowest BCUT2D eigenvalue weighted by Crippen LogP contribution is -2.19. The molecule has 3 heterocycles. The Labute approximate surface area is 156 Å². The predicted octanol–water partition coefficient (Wildman–Crippen LogP) is 4.90. The highest BCUT2D eigenvalue weighted by molar-refractivity contribution is 7.97. The minimum atomic E-state index is -2.64. The summed E-state index contributed by atoms with van der Waals surface area (Å²) >= 11 is 8.78. The number of hydrogen-bond donors (Lipinski definition) is 1. The Bertz CT molecular complexity index is 951. The number of pyridine rings is 1. The number of hydrogen-bond acceptors (Lipinski definition) is 6. The van der Waals surface area contributed by atoms with Crippen LogP contribution in [0, 0.1) is 6.92 Å². The van der Waals surface area contributed by atoms with Crippen LogP contribution < -0.4 is 4.72 Å². The molecule has 1 N–H and O–H groups in total. The highest BCUT2D eigenvalue weighted by Crippen LogP contribution is 2.39.